The highest BCUT2D eigenvalue weighted by molar-refractivity contribution is 5.76. The molecule has 0 rings (SSSR count). The van der Waals surface area contributed by atoms with Gasteiger partial charge in [-0.15, -0.1) is 0 Å². The number of aliphatic hydroxyl groups is 1. The summed E-state index contributed by atoms with van der Waals surface area (Å²) >= 11 is 0. The lowest BCUT2D eigenvalue weighted by Crippen LogP contribution is -2.41. The van der Waals surface area contributed by atoms with E-state index in [0.29, 0.717) is 12.3 Å². The van der Waals surface area contributed by atoms with E-state index >= 15 is 0 Å². The molecule has 4 heteroatoms. The molecule has 18 heavy (non-hydrogen) atoms. The van der Waals surface area contributed by atoms with E-state index in [0.717, 1.165) is 12.8 Å². The number of nitrogens with one attached hydrogen (secondary N) is 1. The molecule has 108 valence electrons. The highest BCUT2D eigenvalue weighted by atomic mass is 16.3. The predicted octanol–water partition coefficient (Wildman–Crippen LogP) is 1.66. The molecule has 0 aliphatic rings. The molecule has 0 fully saturated rings. The Morgan fingerprint density at radius 2 is 1.89 bits per heavy atom. The van der Waals surface area contributed by atoms with Crippen LogP contribution in [-0.4, -0.2) is 29.7 Å². The van der Waals surface area contributed by atoms with Gasteiger partial charge in [-0.1, -0.05) is 34.6 Å². The minimum atomic E-state index is -0.153. The van der Waals surface area contributed by atoms with E-state index in [4.69, 9.17) is 5.73 Å². The van der Waals surface area contributed by atoms with Gasteiger partial charge < -0.3 is 16.2 Å². The van der Waals surface area contributed by atoms with Gasteiger partial charge in [0.2, 0.25) is 5.91 Å². The third kappa shape index (κ3) is 9.42. The van der Waals surface area contributed by atoms with Crippen LogP contribution in [0.2, 0.25) is 0 Å². The molecule has 0 heterocycles. The Morgan fingerprint density at radius 1 is 1.33 bits per heavy atom. The van der Waals surface area contributed by atoms with Crippen molar-refractivity contribution in [3.05, 3.63) is 0 Å². The van der Waals surface area contributed by atoms with Crippen molar-refractivity contribution in [1.82, 2.24) is 5.32 Å². The zero-order chi connectivity index (χ0) is 14.3. The average Bonchev–Trinajstić information content (AvgIpc) is 2.12. The second kappa shape index (κ2) is 7.74. The van der Waals surface area contributed by atoms with Crippen LogP contribution in [-0.2, 0) is 4.79 Å². The summed E-state index contributed by atoms with van der Waals surface area (Å²) in [6.07, 6.45) is 1.93. The molecule has 0 spiro atoms. The number of aliphatic hydroxyl groups excluding tert-OH is 1. The van der Waals surface area contributed by atoms with Crippen molar-refractivity contribution >= 4 is 5.91 Å². The molecule has 4 nitrogen and oxygen atoms in total. The second-order valence-electron chi connectivity index (χ2n) is 6.81. The number of hydrogen-bond donors (Lipinski definition) is 3. The second-order valence-corrected chi connectivity index (χ2v) is 6.81. The third-order valence-corrected chi connectivity index (χ3v) is 2.66. The van der Waals surface area contributed by atoms with Crippen LogP contribution in [0.5, 0.6) is 0 Å². The van der Waals surface area contributed by atoms with Crippen LogP contribution in [0.4, 0.5) is 0 Å². The first-order valence-electron chi connectivity index (χ1n) is 6.80. The van der Waals surface area contributed by atoms with Crippen molar-refractivity contribution in [2.24, 2.45) is 17.1 Å². The van der Waals surface area contributed by atoms with E-state index in [1.807, 2.05) is 0 Å². The van der Waals surface area contributed by atoms with Crippen molar-refractivity contribution in [2.75, 3.05) is 6.61 Å². The van der Waals surface area contributed by atoms with E-state index < -0.39 is 0 Å². The quantitative estimate of drug-likeness (QED) is 0.650. The van der Waals surface area contributed by atoms with Crippen LogP contribution in [0.15, 0.2) is 0 Å². The van der Waals surface area contributed by atoms with E-state index in [2.05, 4.69) is 39.9 Å². The number of amides is 1. The molecule has 0 saturated carbocycles. The molecule has 0 aliphatic carbocycles. The first-order chi connectivity index (χ1) is 8.14. The Morgan fingerprint density at radius 3 is 2.28 bits per heavy atom. The zero-order valence-corrected chi connectivity index (χ0v) is 12.5. The van der Waals surface area contributed by atoms with Crippen molar-refractivity contribution in [2.45, 2.75) is 66.0 Å². The van der Waals surface area contributed by atoms with Crippen LogP contribution in [0, 0.1) is 11.3 Å². The number of carbonyl (C=O) groups excluding carboxylic acids is 1. The Labute approximate surface area is 111 Å². The van der Waals surface area contributed by atoms with Crippen molar-refractivity contribution < 1.29 is 9.90 Å². The van der Waals surface area contributed by atoms with Crippen molar-refractivity contribution in [1.29, 1.82) is 0 Å². The third-order valence-electron chi connectivity index (χ3n) is 2.66. The summed E-state index contributed by atoms with van der Waals surface area (Å²) < 4.78 is 0. The van der Waals surface area contributed by atoms with Crippen molar-refractivity contribution in [3.8, 4) is 0 Å². The van der Waals surface area contributed by atoms with Crippen LogP contribution in [0.25, 0.3) is 0 Å². The molecule has 0 bridgehead atoms. The van der Waals surface area contributed by atoms with E-state index in [9.17, 15) is 9.90 Å². The monoisotopic (exact) mass is 258 g/mol. The minimum absolute atomic E-state index is 0.0154. The summed E-state index contributed by atoms with van der Waals surface area (Å²) in [6, 6.07) is -0.275. The topological polar surface area (TPSA) is 75.3 Å². The van der Waals surface area contributed by atoms with Gasteiger partial charge in [0.1, 0.15) is 0 Å². The van der Waals surface area contributed by atoms with Crippen LogP contribution in [0.3, 0.4) is 0 Å². The summed E-state index contributed by atoms with van der Waals surface area (Å²) in [7, 11) is 0. The predicted molar refractivity (Wildman–Crippen MR) is 75.1 cm³/mol. The van der Waals surface area contributed by atoms with Gasteiger partial charge in [-0.3, -0.25) is 4.79 Å². The Kier molecular flexibility index (Phi) is 7.48. The summed E-state index contributed by atoms with van der Waals surface area (Å²) in [5.41, 5.74) is 6.09. The molecule has 0 aliphatic heterocycles. The highest BCUT2D eigenvalue weighted by Crippen LogP contribution is 2.21. The lowest BCUT2D eigenvalue weighted by Gasteiger charge is -2.24. The fourth-order valence-electron chi connectivity index (χ4n) is 2.13. The fraction of sp³-hybridized carbons (Fsp3) is 0.929. The standard InChI is InChI=1S/C14H30N2O2/c1-10(2)6-12(9-17)16-13(18)7-11(15)8-14(3,4)5/h10-12,17H,6-9,15H2,1-5H3,(H,16,18). The first-order valence-corrected chi connectivity index (χ1v) is 6.80. The van der Waals surface area contributed by atoms with Gasteiger partial charge in [-0.25, -0.2) is 0 Å². The largest absolute Gasteiger partial charge is 0.394 e. The van der Waals surface area contributed by atoms with Crippen LogP contribution < -0.4 is 11.1 Å². The molecule has 0 radical (unpaired) electrons. The van der Waals surface area contributed by atoms with Crippen LogP contribution >= 0.6 is 0 Å². The maximum Gasteiger partial charge on any atom is 0.221 e. The Balaban J connectivity index is 4.08. The molecule has 0 aromatic carbocycles. The van der Waals surface area contributed by atoms with Gasteiger partial charge in [-0.2, -0.15) is 0 Å². The van der Waals surface area contributed by atoms with Gasteiger partial charge in [0.05, 0.1) is 12.6 Å². The van der Waals surface area contributed by atoms with Gasteiger partial charge in [0, 0.05) is 12.5 Å². The Hall–Kier alpha value is -0.610. The molecule has 2 unspecified atom stereocenters. The normalized spacial score (nSPS) is 15.6. The number of rotatable bonds is 7. The minimum Gasteiger partial charge on any atom is -0.394 e. The number of nitrogens with two attached hydrogens (primary N) is 1. The van der Waals surface area contributed by atoms with Gasteiger partial charge in [-0.05, 0) is 24.2 Å². The van der Waals surface area contributed by atoms with E-state index in [1.54, 1.807) is 0 Å². The van der Waals surface area contributed by atoms with E-state index in [1.165, 1.54) is 0 Å². The zero-order valence-electron chi connectivity index (χ0n) is 12.5. The Bertz CT molecular complexity index is 247. The average molecular weight is 258 g/mol. The number of hydrogen-bond acceptors (Lipinski definition) is 3. The SMILES string of the molecule is CC(C)CC(CO)NC(=O)CC(N)CC(C)(C)C. The van der Waals surface area contributed by atoms with Crippen LogP contribution in [0.1, 0.15) is 53.9 Å². The van der Waals surface area contributed by atoms with Gasteiger partial charge >= 0.3 is 0 Å². The molecule has 1 amide bonds. The summed E-state index contributed by atoms with van der Waals surface area (Å²) in [4.78, 5) is 11.8. The van der Waals surface area contributed by atoms with Gasteiger partial charge in [0.25, 0.3) is 0 Å². The first kappa shape index (κ1) is 17.4. The maximum atomic E-state index is 11.8. The summed E-state index contributed by atoms with van der Waals surface area (Å²) in [5, 5.41) is 12.0. The molecular weight excluding hydrogens is 228 g/mol. The van der Waals surface area contributed by atoms with E-state index in [-0.39, 0.29) is 30.0 Å². The highest BCUT2D eigenvalue weighted by Gasteiger charge is 2.19. The smallest absolute Gasteiger partial charge is 0.221 e. The summed E-state index contributed by atoms with van der Waals surface area (Å²) in [5.74, 6) is 0.386. The van der Waals surface area contributed by atoms with Gasteiger partial charge in [0.15, 0.2) is 0 Å². The van der Waals surface area contributed by atoms with Crippen molar-refractivity contribution in [3.63, 3.8) is 0 Å². The molecule has 0 aromatic heterocycles. The summed E-state index contributed by atoms with van der Waals surface area (Å²) in [6.45, 7) is 10.5. The lowest BCUT2D eigenvalue weighted by atomic mass is 9.87. The fourth-order valence-corrected chi connectivity index (χ4v) is 2.13. The maximum absolute atomic E-state index is 11.8. The number of carbonyl (C=O) groups is 1. The molecule has 4 N–H and O–H groups in total. The lowest BCUT2D eigenvalue weighted by molar-refractivity contribution is -0.122. The molecule has 0 aromatic rings. The molecule has 2 atom stereocenters. The molecular formula is C14H30N2O2. The molecule has 0 saturated heterocycles.